The molecule has 3 nitrogen and oxygen atoms in total. The number of amides is 2. The Labute approximate surface area is 87.5 Å². The minimum absolute atomic E-state index is 0.0397. The summed E-state index contributed by atoms with van der Waals surface area (Å²) in [4.78, 5) is 13.2. The van der Waals surface area contributed by atoms with E-state index in [0.29, 0.717) is 11.6 Å². The Kier molecular flexibility index (Phi) is 4.45. The lowest BCUT2D eigenvalue weighted by Gasteiger charge is -2.26. The van der Waals surface area contributed by atoms with Crippen molar-refractivity contribution in [2.75, 3.05) is 31.1 Å². The van der Waals surface area contributed by atoms with Gasteiger partial charge in [-0.15, -0.1) is 0 Å². The highest BCUT2D eigenvalue weighted by Gasteiger charge is 2.15. The molecule has 0 aliphatic carbocycles. The summed E-state index contributed by atoms with van der Waals surface area (Å²) >= 11 is 7.40. The van der Waals surface area contributed by atoms with Crippen LogP contribution >= 0.6 is 23.4 Å². The molecule has 0 saturated carbocycles. The third-order valence-electron chi connectivity index (χ3n) is 1.73. The van der Waals surface area contributed by atoms with Crippen molar-refractivity contribution in [1.29, 1.82) is 0 Å². The molecule has 1 aliphatic heterocycles. The van der Waals surface area contributed by atoms with Crippen molar-refractivity contribution in [3.63, 3.8) is 0 Å². The van der Waals surface area contributed by atoms with Crippen molar-refractivity contribution in [1.82, 2.24) is 10.2 Å². The molecule has 1 heterocycles. The summed E-state index contributed by atoms with van der Waals surface area (Å²) in [5.74, 6) is 2.05. The molecule has 1 N–H and O–H groups in total. The molecule has 0 atom stereocenters. The predicted molar refractivity (Wildman–Crippen MR) is 57.3 cm³/mol. The number of hydrogen-bond donors (Lipinski definition) is 1. The zero-order chi connectivity index (χ0) is 9.68. The van der Waals surface area contributed by atoms with Crippen molar-refractivity contribution in [3.05, 3.63) is 11.6 Å². The van der Waals surface area contributed by atoms with Gasteiger partial charge >= 0.3 is 6.03 Å². The summed E-state index contributed by atoms with van der Waals surface area (Å²) in [6.07, 6.45) is 0. The molecule has 0 spiro atoms. The first-order valence-corrected chi connectivity index (χ1v) is 5.67. The van der Waals surface area contributed by atoms with Gasteiger partial charge in [-0.05, 0) is 0 Å². The van der Waals surface area contributed by atoms with E-state index >= 15 is 0 Å². The zero-order valence-corrected chi connectivity index (χ0v) is 8.96. The number of thioether (sulfide) groups is 1. The maximum absolute atomic E-state index is 11.4. The van der Waals surface area contributed by atoms with Gasteiger partial charge in [0, 0.05) is 29.6 Å². The van der Waals surface area contributed by atoms with Crippen molar-refractivity contribution in [2.24, 2.45) is 0 Å². The molecule has 2 amide bonds. The Morgan fingerprint density at radius 1 is 1.54 bits per heavy atom. The zero-order valence-electron chi connectivity index (χ0n) is 7.38. The van der Waals surface area contributed by atoms with Gasteiger partial charge in [-0.3, -0.25) is 0 Å². The number of nitrogens with zero attached hydrogens (tertiary/aromatic N) is 1. The monoisotopic (exact) mass is 220 g/mol. The maximum atomic E-state index is 11.4. The molecule has 1 aliphatic rings. The molecule has 5 heteroatoms. The van der Waals surface area contributed by atoms with Crippen LogP contribution in [0, 0.1) is 0 Å². The summed E-state index contributed by atoms with van der Waals surface area (Å²) < 4.78 is 0. The van der Waals surface area contributed by atoms with E-state index in [0.717, 1.165) is 24.6 Å². The average Bonchev–Trinajstić information content (AvgIpc) is 2.15. The number of hydrogen-bond acceptors (Lipinski definition) is 2. The van der Waals surface area contributed by atoms with Crippen molar-refractivity contribution in [2.45, 2.75) is 0 Å². The summed E-state index contributed by atoms with van der Waals surface area (Å²) in [6.45, 7) is 5.50. The molecule has 13 heavy (non-hydrogen) atoms. The van der Waals surface area contributed by atoms with Gasteiger partial charge in [-0.1, -0.05) is 18.2 Å². The molecule has 1 saturated heterocycles. The van der Waals surface area contributed by atoms with Gasteiger partial charge in [0.05, 0.1) is 6.54 Å². The Bertz CT molecular complexity index is 204. The van der Waals surface area contributed by atoms with Crippen LogP contribution < -0.4 is 5.32 Å². The molecule has 0 radical (unpaired) electrons. The normalized spacial score (nSPS) is 16.8. The van der Waals surface area contributed by atoms with Crippen LogP contribution in [-0.2, 0) is 0 Å². The number of rotatable bonds is 2. The summed E-state index contributed by atoms with van der Waals surface area (Å²) in [6, 6.07) is -0.0397. The Balaban J connectivity index is 2.25. The summed E-state index contributed by atoms with van der Waals surface area (Å²) in [5, 5.41) is 3.16. The molecule has 1 rings (SSSR count). The van der Waals surface area contributed by atoms with Crippen molar-refractivity contribution in [3.8, 4) is 0 Å². The fourth-order valence-electron chi connectivity index (χ4n) is 1.05. The van der Waals surface area contributed by atoms with E-state index in [9.17, 15) is 4.79 Å². The lowest BCUT2D eigenvalue weighted by Crippen LogP contribution is -2.44. The van der Waals surface area contributed by atoms with Gasteiger partial charge in [0.1, 0.15) is 0 Å². The second-order valence-electron chi connectivity index (χ2n) is 2.78. The van der Waals surface area contributed by atoms with E-state index in [1.807, 2.05) is 11.8 Å². The van der Waals surface area contributed by atoms with Crippen molar-refractivity contribution >= 4 is 29.4 Å². The van der Waals surface area contributed by atoms with Crippen LogP contribution in [0.3, 0.4) is 0 Å². The average molecular weight is 221 g/mol. The van der Waals surface area contributed by atoms with Crippen molar-refractivity contribution < 1.29 is 4.79 Å². The summed E-state index contributed by atoms with van der Waals surface area (Å²) in [7, 11) is 0. The molecule has 0 aromatic rings. The number of carbonyl (C=O) groups excluding carboxylic acids is 1. The number of halogens is 1. The van der Waals surface area contributed by atoms with Gasteiger partial charge in [-0.2, -0.15) is 11.8 Å². The lowest BCUT2D eigenvalue weighted by molar-refractivity contribution is 0.204. The Morgan fingerprint density at radius 3 is 2.69 bits per heavy atom. The highest BCUT2D eigenvalue weighted by atomic mass is 35.5. The molecular weight excluding hydrogens is 208 g/mol. The van der Waals surface area contributed by atoms with E-state index in [4.69, 9.17) is 11.6 Å². The topological polar surface area (TPSA) is 32.3 Å². The van der Waals surface area contributed by atoms with Gasteiger partial charge in [-0.25, -0.2) is 4.79 Å². The molecule has 1 fully saturated rings. The maximum Gasteiger partial charge on any atom is 0.317 e. The third-order valence-corrected chi connectivity index (χ3v) is 2.81. The first-order valence-electron chi connectivity index (χ1n) is 4.14. The van der Waals surface area contributed by atoms with E-state index in [-0.39, 0.29) is 6.03 Å². The molecule has 0 bridgehead atoms. The quantitative estimate of drug-likeness (QED) is 0.765. The molecular formula is C8H13ClN2OS. The second-order valence-corrected chi connectivity index (χ2v) is 4.53. The van der Waals surface area contributed by atoms with Crippen LogP contribution in [0.1, 0.15) is 0 Å². The van der Waals surface area contributed by atoms with Crippen LogP contribution in [0.5, 0.6) is 0 Å². The van der Waals surface area contributed by atoms with E-state index in [1.54, 1.807) is 4.90 Å². The van der Waals surface area contributed by atoms with Crippen LogP contribution in [0.4, 0.5) is 4.79 Å². The number of carbonyl (C=O) groups is 1. The highest BCUT2D eigenvalue weighted by Crippen LogP contribution is 2.08. The van der Waals surface area contributed by atoms with E-state index in [1.165, 1.54) is 0 Å². The lowest BCUT2D eigenvalue weighted by atomic mass is 10.5. The Hall–Kier alpha value is -0.350. The fourth-order valence-corrected chi connectivity index (χ4v) is 2.02. The van der Waals surface area contributed by atoms with Gasteiger partial charge in [0.25, 0.3) is 0 Å². The minimum atomic E-state index is -0.0397. The van der Waals surface area contributed by atoms with Crippen LogP contribution in [-0.4, -0.2) is 42.1 Å². The molecule has 0 aromatic carbocycles. The van der Waals surface area contributed by atoms with Crippen LogP contribution in [0.2, 0.25) is 0 Å². The van der Waals surface area contributed by atoms with Gasteiger partial charge in [0.2, 0.25) is 0 Å². The first-order chi connectivity index (χ1) is 6.20. The number of urea groups is 1. The third kappa shape index (κ3) is 3.91. The molecule has 74 valence electrons. The number of nitrogens with one attached hydrogen (secondary N) is 1. The first kappa shape index (κ1) is 10.7. The SMILES string of the molecule is C=C(Cl)CNC(=O)N1CCSCC1. The fraction of sp³-hybridized carbons (Fsp3) is 0.625. The summed E-state index contributed by atoms with van der Waals surface area (Å²) in [5.41, 5.74) is 0. The van der Waals surface area contributed by atoms with Gasteiger partial charge in [0.15, 0.2) is 0 Å². The van der Waals surface area contributed by atoms with Crippen LogP contribution in [0.25, 0.3) is 0 Å². The van der Waals surface area contributed by atoms with E-state index < -0.39 is 0 Å². The van der Waals surface area contributed by atoms with Gasteiger partial charge < -0.3 is 10.2 Å². The molecule has 0 aromatic heterocycles. The standard InChI is InChI=1S/C8H13ClN2OS/c1-7(9)6-10-8(12)11-2-4-13-5-3-11/h1-6H2,(H,10,12). The minimum Gasteiger partial charge on any atom is -0.333 e. The van der Waals surface area contributed by atoms with Crippen LogP contribution in [0.15, 0.2) is 11.6 Å². The second kappa shape index (κ2) is 5.40. The van der Waals surface area contributed by atoms with E-state index in [2.05, 4.69) is 11.9 Å². The largest absolute Gasteiger partial charge is 0.333 e. The highest BCUT2D eigenvalue weighted by molar-refractivity contribution is 7.99. The smallest absolute Gasteiger partial charge is 0.317 e. The molecule has 0 unspecified atom stereocenters. The Morgan fingerprint density at radius 2 is 2.15 bits per heavy atom. The predicted octanol–water partition coefficient (Wildman–Crippen LogP) is 1.50.